The van der Waals surface area contributed by atoms with Gasteiger partial charge in [0.2, 0.25) is 0 Å². The second kappa shape index (κ2) is 6.59. The summed E-state index contributed by atoms with van der Waals surface area (Å²) in [6, 6.07) is 10.4. The molecule has 1 N–H and O–H groups in total. The maximum atomic E-state index is 14.1. The van der Waals surface area contributed by atoms with Gasteiger partial charge in [0.05, 0.1) is 20.3 Å². The second-order valence-corrected chi connectivity index (χ2v) is 4.88. The zero-order chi connectivity index (χ0) is 15.4. The highest BCUT2D eigenvalue weighted by Crippen LogP contribution is 2.27. The largest absolute Gasteiger partial charge is 0.496 e. The van der Waals surface area contributed by atoms with Crippen molar-refractivity contribution >= 4 is 0 Å². The molecule has 1 atom stereocenters. The number of methoxy groups -OCH3 is 2. The maximum absolute atomic E-state index is 14.1. The van der Waals surface area contributed by atoms with E-state index >= 15 is 0 Å². The number of rotatable bonds is 5. The first-order valence-corrected chi connectivity index (χ1v) is 6.70. The van der Waals surface area contributed by atoms with E-state index in [4.69, 9.17) is 9.47 Å². The van der Waals surface area contributed by atoms with Crippen LogP contribution in [0.1, 0.15) is 22.8 Å². The third-order valence-corrected chi connectivity index (χ3v) is 3.48. The van der Waals surface area contributed by atoms with Gasteiger partial charge in [-0.1, -0.05) is 18.2 Å². The van der Waals surface area contributed by atoms with Gasteiger partial charge in [-0.25, -0.2) is 4.39 Å². The molecule has 2 aromatic rings. The summed E-state index contributed by atoms with van der Waals surface area (Å²) in [7, 11) is 3.02. The number of aryl methyl sites for hydroxylation is 1. The number of aliphatic hydroxyl groups is 1. The molecule has 2 rings (SSSR count). The van der Waals surface area contributed by atoms with Gasteiger partial charge in [0.15, 0.2) is 11.6 Å². The Morgan fingerprint density at radius 1 is 1.10 bits per heavy atom. The van der Waals surface area contributed by atoms with Crippen molar-refractivity contribution in [3.63, 3.8) is 0 Å². The standard InChI is InChI=1S/C17H19FO3/c1-11-9-12(7-8-15(11)20-2)14(19)10-13-5-4-6-16(21-3)17(13)18/h4-9,14,19H,10H2,1-3H3. The Morgan fingerprint density at radius 2 is 1.81 bits per heavy atom. The molecule has 0 bridgehead atoms. The summed E-state index contributed by atoms with van der Waals surface area (Å²) in [5.41, 5.74) is 2.09. The first-order valence-electron chi connectivity index (χ1n) is 6.70. The lowest BCUT2D eigenvalue weighted by Crippen LogP contribution is -2.05. The molecule has 21 heavy (non-hydrogen) atoms. The average molecular weight is 290 g/mol. The number of hydrogen-bond donors (Lipinski definition) is 1. The van der Waals surface area contributed by atoms with E-state index in [1.54, 1.807) is 37.4 Å². The first-order chi connectivity index (χ1) is 10.1. The van der Waals surface area contributed by atoms with Gasteiger partial charge < -0.3 is 14.6 Å². The van der Waals surface area contributed by atoms with E-state index in [2.05, 4.69) is 0 Å². The van der Waals surface area contributed by atoms with Crippen LogP contribution in [0.25, 0.3) is 0 Å². The van der Waals surface area contributed by atoms with Crippen LogP contribution in [0.3, 0.4) is 0 Å². The van der Waals surface area contributed by atoms with Crippen LogP contribution in [0.4, 0.5) is 4.39 Å². The Labute approximate surface area is 124 Å². The van der Waals surface area contributed by atoms with Gasteiger partial charge in [-0.15, -0.1) is 0 Å². The lowest BCUT2D eigenvalue weighted by atomic mass is 9.99. The summed E-state index contributed by atoms with van der Waals surface area (Å²) in [5.74, 6) is 0.522. The summed E-state index contributed by atoms with van der Waals surface area (Å²) >= 11 is 0. The minimum atomic E-state index is -0.781. The molecule has 0 aliphatic carbocycles. The van der Waals surface area contributed by atoms with Crippen LogP contribution < -0.4 is 9.47 Å². The van der Waals surface area contributed by atoms with Crippen molar-refractivity contribution in [2.75, 3.05) is 14.2 Å². The fourth-order valence-corrected chi connectivity index (χ4v) is 2.31. The third-order valence-electron chi connectivity index (χ3n) is 3.48. The predicted octanol–water partition coefficient (Wildman–Crippen LogP) is 3.43. The molecule has 0 heterocycles. The molecule has 0 saturated heterocycles. The molecule has 0 saturated carbocycles. The van der Waals surface area contributed by atoms with Crippen LogP contribution in [0, 0.1) is 12.7 Å². The Balaban J connectivity index is 2.22. The summed E-state index contributed by atoms with van der Waals surface area (Å²) in [4.78, 5) is 0. The average Bonchev–Trinajstić information content (AvgIpc) is 2.49. The Morgan fingerprint density at radius 3 is 2.43 bits per heavy atom. The first kappa shape index (κ1) is 15.3. The minimum absolute atomic E-state index is 0.186. The molecule has 0 aliphatic heterocycles. The van der Waals surface area contributed by atoms with E-state index in [0.29, 0.717) is 5.56 Å². The zero-order valence-electron chi connectivity index (χ0n) is 12.4. The number of benzene rings is 2. The van der Waals surface area contributed by atoms with E-state index < -0.39 is 11.9 Å². The lowest BCUT2D eigenvalue weighted by molar-refractivity contribution is 0.176. The molecule has 4 heteroatoms. The summed E-state index contributed by atoms with van der Waals surface area (Å²) in [5, 5.41) is 10.3. The summed E-state index contributed by atoms with van der Waals surface area (Å²) < 4.78 is 24.2. The monoisotopic (exact) mass is 290 g/mol. The lowest BCUT2D eigenvalue weighted by Gasteiger charge is -2.14. The van der Waals surface area contributed by atoms with Crippen molar-refractivity contribution in [1.82, 2.24) is 0 Å². The molecule has 2 aromatic carbocycles. The molecule has 0 aromatic heterocycles. The van der Waals surface area contributed by atoms with Crippen molar-refractivity contribution in [3.8, 4) is 11.5 Å². The van der Waals surface area contributed by atoms with Crippen LogP contribution >= 0.6 is 0 Å². The van der Waals surface area contributed by atoms with E-state index in [1.165, 1.54) is 7.11 Å². The molecule has 0 radical (unpaired) electrons. The zero-order valence-corrected chi connectivity index (χ0v) is 12.4. The Hall–Kier alpha value is -2.07. The SMILES string of the molecule is COc1ccc(C(O)Cc2cccc(OC)c2F)cc1C. The second-order valence-electron chi connectivity index (χ2n) is 4.88. The molecule has 3 nitrogen and oxygen atoms in total. The molecule has 1 unspecified atom stereocenters. The highest BCUT2D eigenvalue weighted by atomic mass is 19.1. The van der Waals surface area contributed by atoms with Crippen LogP contribution in [-0.2, 0) is 6.42 Å². The number of hydrogen-bond acceptors (Lipinski definition) is 3. The van der Waals surface area contributed by atoms with Gasteiger partial charge in [0.1, 0.15) is 5.75 Å². The molecule has 0 aliphatic rings. The van der Waals surface area contributed by atoms with Gasteiger partial charge >= 0.3 is 0 Å². The number of aliphatic hydroxyl groups excluding tert-OH is 1. The molecule has 0 spiro atoms. The van der Waals surface area contributed by atoms with Crippen molar-refractivity contribution in [3.05, 3.63) is 58.9 Å². The van der Waals surface area contributed by atoms with Crippen molar-refractivity contribution < 1.29 is 19.0 Å². The maximum Gasteiger partial charge on any atom is 0.168 e. The molecular formula is C17H19FO3. The van der Waals surface area contributed by atoms with Gasteiger partial charge in [-0.2, -0.15) is 0 Å². The highest BCUT2D eigenvalue weighted by molar-refractivity contribution is 5.38. The Kier molecular flexibility index (Phi) is 4.81. The summed E-state index contributed by atoms with van der Waals surface area (Å²) in [6.07, 6.45) is -0.592. The van der Waals surface area contributed by atoms with Crippen LogP contribution in [0.2, 0.25) is 0 Å². The van der Waals surface area contributed by atoms with E-state index in [1.807, 2.05) is 13.0 Å². The van der Waals surface area contributed by atoms with E-state index in [9.17, 15) is 9.50 Å². The predicted molar refractivity (Wildman–Crippen MR) is 79.3 cm³/mol. The van der Waals surface area contributed by atoms with Gasteiger partial charge in [-0.05, 0) is 41.8 Å². The van der Waals surface area contributed by atoms with Gasteiger partial charge in [0, 0.05) is 6.42 Å². The fourth-order valence-electron chi connectivity index (χ4n) is 2.31. The van der Waals surface area contributed by atoms with Crippen LogP contribution in [-0.4, -0.2) is 19.3 Å². The normalized spacial score (nSPS) is 12.0. The van der Waals surface area contributed by atoms with Crippen LogP contribution in [0.15, 0.2) is 36.4 Å². The quantitative estimate of drug-likeness (QED) is 0.917. The van der Waals surface area contributed by atoms with E-state index in [-0.39, 0.29) is 12.2 Å². The molecule has 0 fully saturated rings. The van der Waals surface area contributed by atoms with Gasteiger partial charge in [0.25, 0.3) is 0 Å². The third kappa shape index (κ3) is 3.34. The van der Waals surface area contributed by atoms with Crippen molar-refractivity contribution in [2.24, 2.45) is 0 Å². The van der Waals surface area contributed by atoms with Crippen molar-refractivity contribution in [1.29, 1.82) is 0 Å². The minimum Gasteiger partial charge on any atom is -0.496 e. The highest BCUT2D eigenvalue weighted by Gasteiger charge is 2.15. The fraction of sp³-hybridized carbons (Fsp3) is 0.294. The topological polar surface area (TPSA) is 38.7 Å². The van der Waals surface area contributed by atoms with Gasteiger partial charge in [-0.3, -0.25) is 0 Å². The summed E-state index contributed by atoms with van der Waals surface area (Å²) in [6.45, 7) is 1.90. The smallest absolute Gasteiger partial charge is 0.168 e. The number of halogens is 1. The molecule has 0 amide bonds. The van der Waals surface area contributed by atoms with Crippen LogP contribution in [0.5, 0.6) is 11.5 Å². The number of ether oxygens (including phenoxy) is 2. The Bertz CT molecular complexity index is 625. The molecular weight excluding hydrogens is 271 g/mol. The van der Waals surface area contributed by atoms with E-state index in [0.717, 1.165) is 16.9 Å². The van der Waals surface area contributed by atoms with Crippen molar-refractivity contribution in [2.45, 2.75) is 19.4 Å². The molecule has 112 valence electrons.